The second-order valence-corrected chi connectivity index (χ2v) is 5.79. The van der Waals surface area contributed by atoms with Crippen LogP contribution in [0.2, 0.25) is 0 Å². The third kappa shape index (κ3) is 3.19. The van der Waals surface area contributed by atoms with Crippen molar-refractivity contribution in [3.8, 4) is 0 Å². The summed E-state index contributed by atoms with van der Waals surface area (Å²) in [5.74, 6) is 1.33. The van der Waals surface area contributed by atoms with Crippen molar-refractivity contribution in [2.24, 2.45) is 5.92 Å². The monoisotopic (exact) mass is 240 g/mol. The zero-order valence-electron chi connectivity index (χ0n) is 10.0. The molecule has 1 aromatic rings. The highest BCUT2D eigenvalue weighted by molar-refractivity contribution is 7.15. The van der Waals surface area contributed by atoms with Crippen molar-refractivity contribution in [1.29, 1.82) is 0 Å². The fraction of sp³-hybridized carbons (Fsp3) is 0.750. The van der Waals surface area contributed by atoms with Gasteiger partial charge in [-0.2, -0.15) is 0 Å². The Morgan fingerprint density at radius 2 is 2.25 bits per heavy atom. The lowest BCUT2D eigenvalue weighted by Crippen LogP contribution is -2.12. The van der Waals surface area contributed by atoms with Gasteiger partial charge in [-0.1, -0.05) is 13.8 Å². The van der Waals surface area contributed by atoms with Crippen LogP contribution in [-0.2, 0) is 4.74 Å². The molecule has 0 atom stereocenters. The molecule has 0 saturated carbocycles. The van der Waals surface area contributed by atoms with Crippen LogP contribution in [0.25, 0.3) is 0 Å². The Morgan fingerprint density at radius 1 is 1.50 bits per heavy atom. The summed E-state index contributed by atoms with van der Waals surface area (Å²) in [7, 11) is 0. The molecule has 0 radical (unpaired) electrons. The Labute approximate surface area is 101 Å². The van der Waals surface area contributed by atoms with E-state index < -0.39 is 0 Å². The molecule has 1 N–H and O–H groups in total. The summed E-state index contributed by atoms with van der Waals surface area (Å²) in [6.45, 7) is 7.22. The highest BCUT2D eigenvalue weighted by Crippen LogP contribution is 2.32. The number of hydrogen-bond acceptors (Lipinski definition) is 4. The molecule has 0 unspecified atom stereocenters. The quantitative estimate of drug-likeness (QED) is 0.878. The van der Waals surface area contributed by atoms with Crippen LogP contribution < -0.4 is 5.32 Å². The van der Waals surface area contributed by atoms with Gasteiger partial charge >= 0.3 is 0 Å². The summed E-state index contributed by atoms with van der Waals surface area (Å²) < 4.78 is 5.38. The van der Waals surface area contributed by atoms with Gasteiger partial charge in [-0.15, -0.1) is 11.3 Å². The minimum Gasteiger partial charge on any atom is -0.381 e. The van der Waals surface area contributed by atoms with Crippen LogP contribution in [-0.4, -0.2) is 24.7 Å². The standard InChI is InChI=1S/C12H20N2OS/c1-9(2)7-13-12-14-8-11(16-12)10-3-5-15-6-4-10/h8-10H,3-7H2,1-2H3,(H,13,14). The summed E-state index contributed by atoms with van der Waals surface area (Å²) >= 11 is 1.80. The molecular formula is C12H20N2OS. The first-order valence-electron chi connectivity index (χ1n) is 6.03. The van der Waals surface area contributed by atoms with Gasteiger partial charge in [0.05, 0.1) is 0 Å². The molecule has 2 heterocycles. The van der Waals surface area contributed by atoms with Gasteiger partial charge in [0.15, 0.2) is 5.13 Å². The molecule has 0 amide bonds. The molecule has 1 aliphatic heterocycles. The third-order valence-electron chi connectivity index (χ3n) is 2.81. The van der Waals surface area contributed by atoms with Crippen molar-refractivity contribution in [3.05, 3.63) is 11.1 Å². The van der Waals surface area contributed by atoms with E-state index in [1.165, 1.54) is 4.88 Å². The van der Waals surface area contributed by atoms with Crippen LogP contribution in [0.1, 0.15) is 37.5 Å². The fourth-order valence-corrected chi connectivity index (χ4v) is 2.82. The third-order valence-corrected chi connectivity index (χ3v) is 3.93. The minimum atomic E-state index is 0.662. The van der Waals surface area contributed by atoms with Gasteiger partial charge in [-0.05, 0) is 24.7 Å². The van der Waals surface area contributed by atoms with Crippen molar-refractivity contribution >= 4 is 16.5 Å². The van der Waals surface area contributed by atoms with Gasteiger partial charge in [0.2, 0.25) is 0 Å². The predicted molar refractivity (Wildman–Crippen MR) is 68.2 cm³/mol. The maximum atomic E-state index is 5.38. The van der Waals surface area contributed by atoms with E-state index in [0.717, 1.165) is 37.7 Å². The molecule has 1 saturated heterocycles. The summed E-state index contributed by atoms with van der Waals surface area (Å²) in [5.41, 5.74) is 0. The number of aromatic nitrogens is 1. The maximum absolute atomic E-state index is 5.38. The lowest BCUT2D eigenvalue weighted by molar-refractivity contribution is 0.0860. The molecule has 1 aromatic heterocycles. The Kier molecular flexibility index (Phi) is 4.18. The van der Waals surface area contributed by atoms with Crippen LogP contribution >= 0.6 is 11.3 Å². The van der Waals surface area contributed by atoms with Crippen LogP contribution in [0.3, 0.4) is 0 Å². The first-order chi connectivity index (χ1) is 7.75. The first-order valence-corrected chi connectivity index (χ1v) is 6.84. The molecule has 0 bridgehead atoms. The molecule has 3 nitrogen and oxygen atoms in total. The molecule has 1 aliphatic rings. The predicted octanol–water partition coefficient (Wildman–Crippen LogP) is 3.11. The fourth-order valence-electron chi connectivity index (χ4n) is 1.83. The van der Waals surface area contributed by atoms with Crippen LogP contribution in [0.15, 0.2) is 6.20 Å². The summed E-state index contributed by atoms with van der Waals surface area (Å²) in [4.78, 5) is 5.84. The second-order valence-electron chi connectivity index (χ2n) is 4.73. The molecule has 90 valence electrons. The van der Waals surface area contributed by atoms with Crippen molar-refractivity contribution < 1.29 is 4.74 Å². The van der Waals surface area contributed by atoms with E-state index in [1.54, 1.807) is 11.3 Å². The van der Waals surface area contributed by atoms with E-state index in [0.29, 0.717) is 11.8 Å². The van der Waals surface area contributed by atoms with E-state index in [-0.39, 0.29) is 0 Å². The number of anilines is 1. The van der Waals surface area contributed by atoms with E-state index in [1.807, 2.05) is 6.20 Å². The van der Waals surface area contributed by atoms with E-state index in [9.17, 15) is 0 Å². The zero-order chi connectivity index (χ0) is 11.4. The molecule has 0 aromatic carbocycles. The summed E-state index contributed by atoms with van der Waals surface area (Å²) in [5, 5.41) is 4.44. The molecular weight excluding hydrogens is 220 g/mol. The van der Waals surface area contributed by atoms with E-state index in [2.05, 4.69) is 24.1 Å². The highest BCUT2D eigenvalue weighted by atomic mass is 32.1. The van der Waals surface area contributed by atoms with Gasteiger partial charge in [-0.25, -0.2) is 4.98 Å². The van der Waals surface area contributed by atoms with E-state index >= 15 is 0 Å². The smallest absolute Gasteiger partial charge is 0.182 e. The van der Waals surface area contributed by atoms with Crippen LogP contribution in [0, 0.1) is 5.92 Å². The first kappa shape index (κ1) is 11.9. The Morgan fingerprint density at radius 3 is 2.94 bits per heavy atom. The number of thiazole rings is 1. The molecule has 4 heteroatoms. The maximum Gasteiger partial charge on any atom is 0.182 e. The highest BCUT2D eigenvalue weighted by Gasteiger charge is 2.18. The Balaban J connectivity index is 1.90. The van der Waals surface area contributed by atoms with Gasteiger partial charge in [0.25, 0.3) is 0 Å². The van der Waals surface area contributed by atoms with Crippen LogP contribution in [0.5, 0.6) is 0 Å². The van der Waals surface area contributed by atoms with Crippen molar-refractivity contribution in [1.82, 2.24) is 4.98 Å². The number of nitrogens with one attached hydrogen (secondary N) is 1. The number of ether oxygens (including phenoxy) is 1. The summed E-state index contributed by atoms with van der Waals surface area (Å²) in [6, 6.07) is 0. The molecule has 2 rings (SSSR count). The van der Waals surface area contributed by atoms with Gasteiger partial charge in [-0.3, -0.25) is 0 Å². The topological polar surface area (TPSA) is 34.2 Å². The largest absolute Gasteiger partial charge is 0.381 e. The average molecular weight is 240 g/mol. The van der Waals surface area contributed by atoms with Crippen molar-refractivity contribution in [2.75, 3.05) is 25.1 Å². The normalized spacial score (nSPS) is 17.9. The number of hydrogen-bond donors (Lipinski definition) is 1. The lowest BCUT2D eigenvalue weighted by atomic mass is 9.99. The molecule has 0 aliphatic carbocycles. The van der Waals surface area contributed by atoms with Crippen LogP contribution in [0.4, 0.5) is 5.13 Å². The summed E-state index contributed by atoms with van der Waals surface area (Å²) in [6.07, 6.45) is 4.32. The number of nitrogens with zero attached hydrogens (tertiary/aromatic N) is 1. The van der Waals surface area contributed by atoms with Gasteiger partial charge in [0.1, 0.15) is 0 Å². The van der Waals surface area contributed by atoms with Gasteiger partial charge in [0, 0.05) is 30.8 Å². The van der Waals surface area contributed by atoms with E-state index in [4.69, 9.17) is 4.74 Å². The van der Waals surface area contributed by atoms with Crippen molar-refractivity contribution in [2.45, 2.75) is 32.6 Å². The zero-order valence-corrected chi connectivity index (χ0v) is 10.8. The molecule has 1 fully saturated rings. The minimum absolute atomic E-state index is 0.662. The molecule has 16 heavy (non-hydrogen) atoms. The number of rotatable bonds is 4. The average Bonchev–Trinajstić information content (AvgIpc) is 2.76. The molecule has 0 spiro atoms. The second kappa shape index (κ2) is 5.64. The SMILES string of the molecule is CC(C)CNc1ncc(C2CCOCC2)s1. The lowest BCUT2D eigenvalue weighted by Gasteiger charge is -2.20. The Bertz CT molecular complexity index is 319. The Hall–Kier alpha value is -0.610. The van der Waals surface area contributed by atoms with Gasteiger partial charge < -0.3 is 10.1 Å². The van der Waals surface area contributed by atoms with Crippen molar-refractivity contribution in [3.63, 3.8) is 0 Å².